The molecule has 1 unspecified atom stereocenters. The normalized spacial score (nSPS) is 19.6. The summed E-state index contributed by atoms with van der Waals surface area (Å²) in [7, 11) is -3.79. The highest BCUT2D eigenvalue weighted by Crippen LogP contribution is 2.42. The average Bonchev–Trinajstić information content (AvgIpc) is 2.78. The van der Waals surface area contributed by atoms with Crippen LogP contribution in [0.2, 0.25) is 0 Å². The number of hydrogen-bond donors (Lipinski definition) is 2. The molecule has 2 aromatic rings. The first-order valence-electron chi connectivity index (χ1n) is 7.40. The van der Waals surface area contributed by atoms with E-state index >= 15 is 0 Å². The summed E-state index contributed by atoms with van der Waals surface area (Å²) in [6.45, 7) is 0.133. The van der Waals surface area contributed by atoms with Crippen LogP contribution in [0.25, 0.3) is 0 Å². The lowest BCUT2D eigenvalue weighted by Gasteiger charge is -2.21. The lowest BCUT2D eigenvalue weighted by Crippen LogP contribution is -2.39. The average molecular weight is 357 g/mol. The largest absolute Gasteiger partial charge is 0.374 e. The van der Waals surface area contributed by atoms with Crippen molar-refractivity contribution in [3.05, 3.63) is 59.7 Å². The zero-order valence-electron chi connectivity index (χ0n) is 13.1. The number of nitrogens with two attached hydrogens (primary N) is 1. The molecule has 0 aromatic heterocycles. The predicted molar refractivity (Wildman–Crippen MR) is 89.6 cm³/mol. The van der Waals surface area contributed by atoms with E-state index in [0.717, 1.165) is 0 Å². The highest BCUT2D eigenvalue weighted by Gasteiger charge is 2.49. The molecule has 0 saturated carbocycles. The number of anilines is 1. The van der Waals surface area contributed by atoms with Gasteiger partial charge in [0.25, 0.3) is 5.91 Å². The Morgan fingerprint density at radius 3 is 2.40 bits per heavy atom. The highest BCUT2D eigenvalue weighted by atomic mass is 32.2. The Morgan fingerprint density at radius 1 is 1.16 bits per heavy atom. The van der Waals surface area contributed by atoms with E-state index in [1.54, 1.807) is 36.4 Å². The van der Waals surface area contributed by atoms with Crippen molar-refractivity contribution in [2.75, 3.05) is 4.90 Å². The molecule has 7 nitrogen and oxygen atoms in total. The second-order valence-electron chi connectivity index (χ2n) is 5.79. The smallest absolute Gasteiger partial charge is 0.265 e. The van der Waals surface area contributed by atoms with Crippen molar-refractivity contribution in [1.82, 2.24) is 0 Å². The van der Waals surface area contributed by atoms with Gasteiger partial charge >= 0.3 is 0 Å². The molecule has 1 atom stereocenters. The molecule has 2 aromatic carbocycles. The van der Waals surface area contributed by atoms with Crippen LogP contribution in [-0.2, 0) is 27.0 Å². The van der Waals surface area contributed by atoms with Crippen molar-refractivity contribution in [3.8, 4) is 6.07 Å². The van der Waals surface area contributed by atoms with Crippen molar-refractivity contribution in [3.63, 3.8) is 0 Å². The number of rotatable bonds is 4. The highest BCUT2D eigenvalue weighted by molar-refractivity contribution is 7.89. The van der Waals surface area contributed by atoms with Crippen LogP contribution in [0.1, 0.15) is 17.5 Å². The minimum Gasteiger partial charge on any atom is -0.374 e. The molecule has 0 spiro atoms. The summed E-state index contributed by atoms with van der Waals surface area (Å²) in [4.78, 5) is 14.1. The second-order valence-corrected chi connectivity index (χ2v) is 7.35. The number of sulfonamides is 1. The fourth-order valence-corrected chi connectivity index (χ4v) is 3.43. The Morgan fingerprint density at radius 2 is 1.80 bits per heavy atom. The molecule has 0 saturated heterocycles. The van der Waals surface area contributed by atoms with Crippen LogP contribution in [0.4, 0.5) is 5.69 Å². The van der Waals surface area contributed by atoms with Crippen LogP contribution in [0.15, 0.2) is 53.4 Å². The first kappa shape index (κ1) is 17.1. The predicted octanol–water partition coefficient (Wildman–Crippen LogP) is 0.982. The van der Waals surface area contributed by atoms with E-state index in [2.05, 4.69) is 0 Å². The Bertz CT molecular complexity index is 980. The summed E-state index contributed by atoms with van der Waals surface area (Å²) in [5.41, 5.74) is -0.286. The SMILES string of the molecule is N#CCC1(O)C(=O)N(Cc2ccc(S(N)(=O)=O)cc2)c2ccccc21. The van der Waals surface area contributed by atoms with Gasteiger partial charge in [-0.25, -0.2) is 13.6 Å². The number of amides is 1. The van der Waals surface area contributed by atoms with Crippen LogP contribution in [0.3, 0.4) is 0 Å². The van der Waals surface area contributed by atoms with Crippen molar-refractivity contribution >= 4 is 21.6 Å². The Labute approximate surface area is 145 Å². The van der Waals surface area contributed by atoms with Crippen LogP contribution < -0.4 is 10.0 Å². The van der Waals surface area contributed by atoms with E-state index in [-0.39, 0.29) is 17.9 Å². The summed E-state index contributed by atoms with van der Waals surface area (Å²) in [6.07, 6.45) is -0.344. The van der Waals surface area contributed by atoms with Crippen molar-refractivity contribution in [1.29, 1.82) is 5.26 Å². The number of fused-ring (bicyclic) bond motifs is 1. The fraction of sp³-hybridized carbons (Fsp3) is 0.176. The van der Waals surface area contributed by atoms with Crippen LogP contribution >= 0.6 is 0 Å². The summed E-state index contributed by atoms with van der Waals surface area (Å²) in [6, 6.07) is 14.4. The molecule has 128 valence electrons. The zero-order chi connectivity index (χ0) is 18.2. The van der Waals surface area contributed by atoms with Gasteiger partial charge in [-0.2, -0.15) is 5.26 Å². The maximum atomic E-state index is 12.7. The molecule has 0 aliphatic carbocycles. The van der Waals surface area contributed by atoms with E-state index < -0.39 is 21.5 Å². The van der Waals surface area contributed by atoms with Gasteiger partial charge in [0.1, 0.15) is 0 Å². The maximum absolute atomic E-state index is 12.7. The third kappa shape index (κ3) is 2.89. The molecule has 1 amide bonds. The second kappa shape index (κ2) is 5.97. The number of para-hydroxylation sites is 1. The molecule has 0 radical (unpaired) electrons. The minimum atomic E-state index is -3.79. The number of carbonyl (C=O) groups excluding carboxylic acids is 1. The minimum absolute atomic E-state index is 0.0228. The summed E-state index contributed by atoms with van der Waals surface area (Å²) >= 11 is 0. The first-order valence-corrected chi connectivity index (χ1v) is 8.94. The van der Waals surface area contributed by atoms with Crippen molar-refractivity contribution in [2.45, 2.75) is 23.5 Å². The van der Waals surface area contributed by atoms with Crippen LogP contribution in [-0.4, -0.2) is 19.4 Å². The van der Waals surface area contributed by atoms with Gasteiger partial charge in [0.2, 0.25) is 10.0 Å². The van der Waals surface area contributed by atoms with Gasteiger partial charge in [-0.05, 0) is 23.8 Å². The molecule has 3 N–H and O–H groups in total. The van der Waals surface area contributed by atoms with Gasteiger partial charge in [0, 0.05) is 5.56 Å². The number of primary sulfonamides is 1. The van der Waals surface area contributed by atoms with Gasteiger partial charge in [0.15, 0.2) is 5.60 Å². The number of aliphatic hydroxyl groups is 1. The summed E-state index contributed by atoms with van der Waals surface area (Å²) in [5, 5.41) is 24.7. The zero-order valence-corrected chi connectivity index (χ0v) is 13.9. The lowest BCUT2D eigenvalue weighted by molar-refractivity contribution is -0.135. The molecule has 25 heavy (non-hydrogen) atoms. The van der Waals surface area contributed by atoms with Gasteiger partial charge < -0.3 is 10.0 Å². The standard InChI is InChI=1S/C17H15N3O4S/c18-10-9-17(22)14-3-1-2-4-15(14)20(16(17)21)11-12-5-7-13(8-6-12)25(19,23)24/h1-8,22H,9,11H2,(H2,19,23,24). The van der Waals surface area contributed by atoms with E-state index in [0.29, 0.717) is 16.8 Å². The first-order chi connectivity index (χ1) is 11.8. The third-order valence-corrected chi connectivity index (χ3v) is 5.10. The van der Waals surface area contributed by atoms with E-state index in [1.165, 1.54) is 17.0 Å². The van der Waals surface area contributed by atoms with Crippen LogP contribution in [0, 0.1) is 11.3 Å². The molecule has 1 aliphatic heterocycles. The molecule has 0 bridgehead atoms. The van der Waals surface area contributed by atoms with Crippen LogP contribution in [0.5, 0.6) is 0 Å². The molecular formula is C17H15N3O4S. The Kier molecular flexibility index (Phi) is 4.08. The number of nitriles is 1. The topological polar surface area (TPSA) is 124 Å². The van der Waals surface area contributed by atoms with Gasteiger partial charge in [-0.15, -0.1) is 0 Å². The van der Waals surface area contributed by atoms with Gasteiger partial charge in [-0.1, -0.05) is 30.3 Å². The Hall–Kier alpha value is -2.73. The summed E-state index contributed by atoms with van der Waals surface area (Å²) in [5.74, 6) is -0.578. The number of carbonyl (C=O) groups is 1. The number of benzene rings is 2. The molecule has 1 heterocycles. The fourth-order valence-electron chi connectivity index (χ4n) is 2.92. The molecule has 3 rings (SSSR count). The summed E-state index contributed by atoms with van der Waals surface area (Å²) < 4.78 is 22.6. The molecule has 1 aliphatic rings. The van der Waals surface area contributed by atoms with E-state index in [4.69, 9.17) is 10.4 Å². The molecule has 0 fully saturated rings. The van der Waals surface area contributed by atoms with Gasteiger partial charge in [-0.3, -0.25) is 4.79 Å². The Balaban J connectivity index is 1.96. The van der Waals surface area contributed by atoms with Crippen molar-refractivity contribution < 1.29 is 18.3 Å². The van der Waals surface area contributed by atoms with E-state index in [1.807, 2.05) is 6.07 Å². The molecular weight excluding hydrogens is 342 g/mol. The lowest BCUT2D eigenvalue weighted by atomic mass is 9.93. The maximum Gasteiger partial charge on any atom is 0.265 e. The van der Waals surface area contributed by atoms with Gasteiger partial charge in [0.05, 0.1) is 29.6 Å². The number of hydrogen-bond acceptors (Lipinski definition) is 5. The quantitative estimate of drug-likeness (QED) is 0.844. The molecule has 8 heteroatoms. The van der Waals surface area contributed by atoms with Crippen molar-refractivity contribution in [2.24, 2.45) is 5.14 Å². The third-order valence-electron chi connectivity index (χ3n) is 4.17. The monoisotopic (exact) mass is 357 g/mol. The van der Waals surface area contributed by atoms with E-state index in [9.17, 15) is 18.3 Å². The number of nitrogens with zero attached hydrogens (tertiary/aromatic N) is 2.